The molecule has 1 aromatic heterocycles. The molecule has 0 radical (unpaired) electrons. The van der Waals surface area contributed by atoms with Gasteiger partial charge in [-0.05, 0) is 42.7 Å². The highest BCUT2D eigenvalue weighted by molar-refractivity contribution is 5.40. The van der Waals surface area contributed by atoms with Crippen molar-refractivity contribution in [1.82, 2.24) is 10.3 Å². The van der Waals surface area contributed by atoms with Crippen LogP contribution in [0.15, 0.2) is 42.6 Å². The number of hydrogen-bond acceptors (Lipinski definition) is 4. The van der Waals surface area contributed by atoms with E-state index in [4.69, 9.17) is 0 Å². The van der Waals surface area contributed by atoms with Crippen molar-refractivity contribution in [2.24, 2.45) is 0 Å². The van der Waals surface area contributed by atoms with Gasteiger partial charge in [0.25, 0.3) is 0 Å². The van der Waals surface area contributed by atoms with E-state index in [1.165, 1.54) is 18.2 Å². The number of rotatable bonds is 5. The summed E-state index contributed by atoms with van der Waals surface area (Å²) in [5.41, 5.74) is 0.0517. The van der Waals surface area contributed by atoms with Crippen LogP contribution in [0.1, 0.15) is 24.0 Å². The first-order valence-corrected chi connectivity index (χ1v) is 8.96. The van der Waals surface area contributed by atoms with Gasteiger partial charge < -0.3 is 15.0 Å². The molecule has 0 spiro atoms. The Labute approximate surface area is 163 Å². The summed E-state index contributed by atoms with van der Waals surface area (Å²) in [6.07, 6.45) is -6.73. The van der Waals surface area contributed by atoms with Crippen LogP contribution < -0.4 is 15.0 Å². The second kappa shape index (κ2) is 8.48. The largest absolute Gasteiger partial charge is 0.573 e. The normalized spacial score (nSPS) is 16.1. The standard InChI is InChI=1S/C19H19F6N3O/c20-18(21,22)14-3-6-17(27-12-14)28-9-7-15(8-10-28)26-11-13-1-4-16(5-2-13)29-19(23,24)25/h1-6,12,15,26H,7-11H2. The number of nitrogens with zero attached hydrogens (tertiary/aromatic N) is 2. The molecule has 1 aliphatic rings. The minimum absolute atomic E-state index is 0.201. The molecule has 29 heavy (non-hydrogen) atoms. The molecule has 2 heterocycles. The maximum absolute atomic E-state index is 12.6. The highest BCUT2D eigenvalue weighted by Crippen LogP contribution is 2.30. The van der Waals surface area contributed by atoms with Crippen LogP contribution in [0, 0.1) is 0 Å². The van der Waals surface area contributed by atoms with Gasteiger partial charge in [-0.1, -0.05) is 12.1 Å². The van der Waals surface area contributed by atoms with Gasteiger partial charge in [0.1, 0.15) is 11.6 Å². The topological polar surface area (TPSA) is 37.4 Å². The Morgan fingerprint density at radius 3 is 2.14 bits per heavy atom. The zero-order chi connectivity index (χ0) is 21.1. The van der Waals surface area contributed by atoms with Gasteiger partial charge in [0.05, 0.1) is 5.56 Å². The van der Waals surface area contributed by atoms with E-state index in [0.29, 0.717) is 25.5 Å². The number of alkyl halides is 6. The maximum Gasteiger partial charge on any atom is 0.573 e. The lowest BCUT2D eigenvalue weighted by molar-refractivity contribution is -0.274. The molecule has 0 bridgehead atoms. The molecule has 3 rings (SSSR count). The summed E-state index contributed by atoms with van der Waals surface area (Å²) in [5, 5.41) is 3.35. The number of hydrogen-bond donors (Lipinski definition) is 1. The molecule has 2 aromatic rings. The van der Waals surface area contributed by atoms with Crippen molar-refractivity contribution >= 4 is 5.82 Å². The molecule has 1 fully saturated rings. The molecular formula is C19H19F6N3O. The minimum atomic E-state index is -4.71. The van der Waals surface area contributed by atoms with Crippen LogP contribution in [-0.4, -0.2) is 30.5 Å². The van der Waals surface area contributed by atoms with Crippen molar-refractivity contribution in [2.75, 3.05) is 18.0 Å². The summed E-state index contributed by atoms with van der Waals surface area (Å²) in [7, 11) is 0. The van der Waals surface area contributed by atoms with Crippen LogP contribution in [0.5, 0.6) is 5.75 Å². The summed E-state index contributed by atoms with van der Waals surface area (Å²) in [4.78, 5) is 5.85. The molecule has 1 aromatic carbocycles. The van der Waals surface area contributed by atoms with Crippen molar-refractivity contribution in [3.8, 4) is 5.75 Å². The Kier molecular flexibility index (Phi) is 6.21. The fourth-order valence-electron chi connectivity index (χ4n) is 3.12. The smallest absolute Gasteiger partial charge is 0.406 e. The van der Waals surface area contributed by atoms with Gasteiger partial charge in [0.2, 0.25) is 0 Å². The Morgan fingerprint density at radius 2 is 1.62 bits per heavy atom. The molecule has 0 unspecified atom stereocenters. The van der Waals surface area contributed by atoms with Gasteiger partial charge in [-0.3, -0.25) is 0 Å². The summed E-state index contributed by atoms with van der Waals surface area (Å²) in [6.45, 7) is 1.79. The number of halogens is 6. The maximum atomic E-state index is 12.6. The average Bonchev–Trinajstić information content (AvgIpc) is 2.66. The Hall–Kier alpha value is -2.49. The SMILES string of the molecule is FC(F)(F)Oc1ccc(CNC2CCN(c3ccc(C(F)(F)F)cn3)CC2)cc1. The van der Waals surface area contributed by atoms with Crippen LogP contribution in [0.2, 0.25) is 0 Å². The quantitative estimate of drug-likeness (QED) is 0.710. The van der Waals surface area contributed by atoms with Crippen LogP contribution in [0.25, 0.3) is 0 Å². The second-order valence-electron chi connectivity index (χ2n) is 6.74. The zero-order valence-electron chi connectivity index (χ0n) is 15.2. The molecule has 10 heteroatoms. The third-order valence-electron chi connectivity index (χ3n) is 4.65. The summed E-state index contributed by atoms with van der Waals surface area (Å²) >= 11 is 0. The van der Waals surface area contributed by atoms with Gasteiger partial charge in [-0.25, -0.2) is 4.98 Å². The number of piperidine rings is 1. The van der Waals surface area contributed by atoms with E-state index in [1.54, 1.807) is 12.1 Å². The van der Waals surface area contributed by atoms with E-state index < -0.39 is 18.1 Å². The lowest BCUT2D eigenvalue weighted by Gasteiger charge is -2.33. The highest BCUT2D eigenvalue weighted by Gasteiger charge is 2.32. The Balaban J connectivity index is 1.45. The van der Waals surface area contributed by atoms with Crippen LogP contribution in [-0.2, 0) is 12.7 Å². The van der Waals surface area contributed by atoms with Crippen molar-refractivity contribution in [3.63, 3.8) is 0 Å². The van der Waals surface area contributed by atoms with Crippen molar-refractivity contribution in [1.29, 1.82) is 0 Å². The summed E-state index contributed by atoms with van der Waals surface area (Å²) in [6, 6.07) is 8.27. The average molecular weight is 419 g/mol. The summed E-state index contributed by atoms with van der Waals surface area (Å²) in [5.74, 6) is 0.246. The van der Waals surface area contributed by atoms with Crippen molar-refractivity contribution in [3.05, 3.63) is 53.7 Å². The van der Waals surface area contributed by atoms with Gasteiger partial charge in [-0.2, -0.15) is 13.2 Å². The van der Waals surface area contributed by atoms with E-state index in [0.717, 1.165) is 30.7 Å². The van der Waals surface area contributed by atoms with Crippen molar-refractivity contribution < 1.29 is 31.1 Å². The van der Waals surface area contributed by atoms with Gasteiger partial charge in [-0.15, -0.1) is 13.2 Å². The van der Waals surface area contributed by atoms with Crippen LogP contribution in [0.3, 0.4) is 0 Å². The number of anilines is 1. The predicted octanol–water partition coefficient (Wildman–Crippen LogP) is 4.76. The number of aromatic nitrogens is 1. The number of pyridine rings is 1. The molecule has 4 nitrogen and oxygen atoms in total. The number of nitrogens with one attached hydrogen (secondary N) is 1. The first-order chi connectivity index (χ1) is 13.6. The van der Waals surface area contributed by atoms with Crippen LogP contribution in [0.4, 0.5) is 32.2 Å². The fourth-order valence-corrected chi connectivity index (χ4v) is 3.12. The van der Waals surface area contributed by atoms with E-state index in [2.05, 4.69) is 15.0 Å². The molecule has 158 valence electrons. The first-order valence-electron chi connectivity index (χ1n) is 8.96. The van der Waals surface area contributed by atoms with E-state index in [1.807, 2.05) is 4.90 Å². The number of ether oxygens (including phenoxy) is 1. The third-order valence-corrected chi connectivity index (χ3v) is 4.65. The molecular weight excluding hydrogens is 400 g/mol. The van der Waals surface area contributed by atoms with E-state index in [9.17, 15) is 26.3 Å². The lowest BCUT2D eigenvalue weighted by atomic mass is 10.0. The molecule has 1 aliphatic heterocycles. The predicted molar refractivity (Wildman–Crippen MR) is 94.4 cm³/mol. The highest BCUT2D eigenvalue weighted by atomic mass is 19.4. The van der Waals surface area contributed by atoms with Crippen LogP contribution >= 0.6 is 0 Å². The molecule has 0 atom stereocenters. The van der Waals surface area contributed by atoms with Crippen molar-refractivity contribution in [2.45, 2.75) is 38.0 Å². The monoisotopic (exact) mass is 419 g/mol. The zero-order valence-corrected chi connectivity index (χ0v) is 15.2. The fraction of sp³-hybridized carbons (Fsp3) is 0.421. The summed E-state index contributed by atoms with van der Waals surface area (Å²) < 4.78 is 78.2. The third kappa shape index (κ3) is 6.25. The van der Waals surface area contributed by atoms with Gasteiger partial charge in [0.15, 0.2) is 0 Å². The van der Waals surface area contributed by atoms with E-state index in [-0.39, 0.29) is 11.8 Å². The number of benzene rings is 1. The Bertz CT molecular complexity index is 782. The Morgan fingerprint density at radius 1 is 0.966 bits per heavy atom. The first kappa shape index (κ1) is 21.2. The minimum Gasteiger partial charge on any atom is -0.406 e. The molecule has 1 N–H and O–H groups in total. The molecule has 0 saturated carbocycles. The van der Waals surface area contributed by atoms with Gasteiger partial charge in [0, 0.05) is 31.9 Å². The van der Waals surface area contributed by atoms with Gasteiger partial charge >= 0.3 is 12.5 Å². The molecule has 1 saturated heterocycles. The van der Waals surface area contributed by atoms with E-state index >= 15 is 0 Å². The lowest BCUT2D eigenvalue weighted by Crippen LogP contribution is -2.42. The molecule has 0 aliphatic carbocycles. The molecule has 0 amide bonds. The second-order valence-corrected chi connectivity index (χ2v) is 6.74.